The number of thiazole rings is 1. The third-order valence-electron chi connectivity index (χ3n) is 4.41. The Bertz CT molecular complexity index is 1130. The molecule has 2 aromatic heterocycles. The fourth-order valence-corrected chi connectivity index (χ4v) is 4.23. The van der Waals surface area contributed by atoms with Crippen LogP contribution < -0.4 is 4.90 Å². The summed E-state index contributed by atoms with van der Waals surface area (Å²) < 4.78 is 2.97. The highest BCUT2D eigenvalue weighted by molar-refractivity contribution is 7.22. The first kappa shape index (κ1) is 22.0. The van der Waals surface area contributed by atoms with Gasteiger partial charge in [-0.25, -0.2) is 9.97 Å². The van der Waals surface area contributed by atoms with E-state index in [1.165, 1.54) is 11.3 Å². The Hall–Kier alpha value is -2.67. The van der Waals surface area contributed by atoms with Crippen molar-refractivity contribution in [3.8, 4) is 0 Å². The predicted molar refractivity (Wildman–Crippen MR) is 127 cm³/mol. The van der Waals surface area contributed by atoms with E-state index >= 15 is 0 Å². The van der Waals surface area contributed by atoms with Crippen LogP contribution >= 0.6 is 35.3 Å². The normalized spacial score (nSPS) is 11.0. The minimum atomic E-state index is -0.0929. The second kappa shape index (κ2) is 10.4. The molecule has 0 unspecified atom stereocenters. The van der Waals surface area contributed by atoms with Gasteiger partial charge in [0, 0.05) is 36.6 Å². The van der Waals surface area contributed by atoms with Crippen LogP contribution in [0.3, 0.4) is 0 Å². The minimum Gasteiger partial charge on any atom is -0.337 e. The molecule has 0 N–H and O–H groups in total. The molecule has 4 rings (SSSR count). The number of carbonyl (C=O) groups excluding carboxylic acids is 1. The SMILES string of the molecule is Cl.O=C(/C=C/c1ccccc1)N(CCCn1ccnc1)c1nc2ccc(Cl)cc2s1. The van der Waals surface area contributed by atoms with Crippen molar-refractivity contribution < 1.29 is 4.79 Å². The standard InChI is InChI=1S/C22H19ClN4OS.ClH/c23-18-8-9-19-20(15-18)29-22(25-19)27(13-4-12-26-14-11-24-16-26)21(28)10-7-17-5-2-1-3-6-17;/h1-3,5-11,14-16H,4,12-13H2;1H/b10-7+;. The zero-order valence-corrected chi connectivity index (χ0v) is 18.4. The number of benzene rings is 2. The van der Waals surface area contributed by atoms with Gasteiger partial charge in [-0.1, -0.05) is 53.3 Å². The summed E-state index contributed by atoms with van der Waals surface area (Å²) in [5, 5.41) is 1.34. The minimum absolute atomic E-state index is 0. The maximum Gasteiger partial charge on any atom is 0.252 e. The molecule has 8 heteroatoms. The summed E-state index contributed by atoms with van der Waals surface area (Å²) >= 11 is 7.58. The van der Waals surface area contributed by atoms with Gasteiger partial charge in [-0.05, 0) is 36.3 Å². The van der Waals surface area contributed by atoms with Gasteiger partial charge in [0.05, 0.1) is 16.5 Å². The molecule has 0 aliphatic rings. The maximum atomic E-state index is 13.0. The molecule has 0 bridgehead atoms. The summed E-state index contributed by atoms with van der Waals surface area (Å²) in [5.41, 5.74) is 1.82. The number of amides is 1. The van der Waals surface area contributed by atoms with Crippen LogP contribution in [-0.2, 0) is 11.3 Å². The monoisotopic (exact) mass is 458 g/mol. The van der Waals surface area contributed by atoms with Crippen molar-refractivity contribution >= 4 is 62.7 Å². The number of hydrogen-bond donors (Lipinski definition) is 0. The Morgan fingerprint density at radius 2 is 2.03 bits per heavy atom. The molecule has 0 radical (unpaired) electrons. The molecule has 0 atom stereocenters. The summed E-state index contributed by atoms with van der Waals surface area (Å²) in [6.45, 7) is 1.34. The van der Waals surface area contributed by atoms with E-state index in [4.69, 9.17) is 11.6 Å². The van der Waals surface area contributed by atoms with E-state index in [9.17, 15) is 4.79 Å². The second-order valence-electron chi connectivity index (χ2n) is 6.50. The number of rotatable bonds is 7. The van der Waals surface area contributed by atoms with E-state index in [0.29, 0.717) is 16.7 Å². The molecule has 0 fully saturated rings. The zero-order chi connectivity index (χ0) is 20.1. The van der Waals surface area contributed by atoms with Crippen LogP contribution in [-0.4, -0.2) is 27.0 Å². The summed E-state index contributed by atoms with van der Waals surface area (Å²) in [4.78, 5) is 23.5. The van der Waals surface area contributed by atoms with Gasteiger partial charge in [0.15, 0.2) is 5.13 Å². The van der Waals surface area contributed by atoms with Crippen molar-refractivity contribution in [1.82, 2.24) is 14.5 Å². The molecule has 0 aliphatic carbocycles. The largest absolute Gasteiger partial charge is 0.337 e. The lowest BCUT2D eigenvalue weighted by atomic mass is 10.2. The van der Waals surface area contributed by atoms with Crippen LogP contribution in [0.1, 0.15) is 12.0 Å². The average molecular weight is 459 g/mol. The van der Waals surface area contributed by atoms with Crippen molar-refractivity contribution in [1.29, 1.82) is 0 Å². The molecule has 1 amide bonds. The van der Waals surface area contributed by atoms with Crippen molar-refractivity contribution in [2.45, 2.75) is 13.0 Å². The summed E-state index contributed by atoms with van der Waals surface area (Å²) in [7, 11) is 0. The summed E-state index contributed by atoms with van der Waals surface area (Å²) in [6, 6.07) is 15.4. The number of nitrogens with zero attached hydrogens (tertiary/aromatic N) is 4. The van der Waals surface area contributed by atoms with Crippen LogP contribution in [0.15, 0.2) is 73.3 Å². The fraction of sp³-hybridized carbons (Fsp3) is 0.136. The molecule has 2 heterocycles. The van der Waals surface area contributed by atoms with E-state index in [2.05, 4.69) is 9.97 Å². The smallest absolute Gasteiger partial charge is 0.252 e. The average Bonchev–Trinajstić information content (AvgIpc) is 3.39. The highest BCUT2D eigenvalue weighted by Crippen LogP contribution is 2.31. The molecule has 0 saturated carbocycles. The van der Waals surface area contributed by atoms with E-state index in [-0.39, 0.29) is 18.3 Å². The lowest BCUT2D eigenvalue weighted by Gasteiger charge is -2.18. The molecule has 0 saturated heterocycles. The number of carbonyl (C=O) groups is 1. The third-order valence-corrected chi connectivity index (χ3v) is 5.69. The quantitative estimate of drug-likeness (QED) is 0.333. The topological polar surface area (TPSA) is 51.0 Å². The van der Waals surface area contributed by atoms with E-state index in [1.54, 1.807) is 23.5 Å². The lowest BCUT2D eigenvalue weighted by Crippen LogP contribution is -2.30. The Labute approximate surface area is 190 Å². The van der Waals surface area contributed by atoms with Crippen molar-refractivity contribution in [2.75, 3.05) is 11.4 Å². The van der Waals surface area contributed by atoms with E-state index < -0.39 is 0 Å². The number of anilines is 1. The molecule has 0 spiro atoms. The van der Waals surface area contributed by atoms with E-state index in [1.807, 2.05) is 65.4 Å². The fourth-order valence-electron chi connectivity index (χ4n) is 2.95. The maximum absolute atomic E-state index is 13.0. The molecular formula is C22H20Cl2N4OS. The van der Waals surface area contributed by atoms with Crippen LogP contribution in [0.4, 0.5) is 5.13 Å². The number of fused-ring (bicyclic) bond motifs is 1. The summed E-state index contributed by atoms with van der Waals surface area (Å²) in [5.74, 6) is -0.0929. The highest BCUT2D eigenvalue weighted by Gasteiger charge is 2.18. The highest BCUT2D eigenvalue weighted by atomic mass is 35.5. The zero-order valence-electron chi connectivity index (χ0n) is 16.0. The molecular weight excluding hydrogens is 439 g/mol. The first-order valence-corrected chi connectivity index (χ1v) is 10.4. The lowest BCUT2D eigenvalue weighted by molar-refractivity contribution is -0.114. The van der Waals surface area contributed by atoms with Crippen molar-refractivity contribution in [3.05, 3.63) is 83.9 Å². The van der Waals surface area contributed by atoms with Crippen LogP contribution in [0.2, 0.25) is 5.02 Å². The molecule has 4 aromatic rings. The number of imidazole rings is 1. The predicted octanol–water partition coefficient (Wildman–Crippen LogP) is 5.70. The molecule has 5 nitrogen and oxygen atoms in total. The second-order valence-corrected chi connectivity index (χ2v) is 7.94. The Kier molecular flexibility index (Phi) is 7.63. The first-order chi connectivity index (χ1) is 14.2. The molecule has 154 valence electrons. The number of hydrogen-bond acceptors (Lipinski definition) is 4. The Morgan fingerprint density at radius 3 is 2.80 bits per heavy atom. The number of aromatic nitrogens is 3. The number of halogens is 2. The van der Waals surface area contributed by atoms with Crippen LogP contribution in [0, 0.1) is 0 Å². The van der Waals surface area contributed by atoms with Gasteiger partial charge in [-0.15, -0.1) is 12.4 Å². The van der Waals surface area contributed by atoms with Gasteiger partial charge in [-0.3, -0.25) is 9.69 Å². The molecule has 30 heavy (non-hydrogen) atoms. The van der Waals surface area contributed by atoms with Gasteiger partial charge in [-0.2, -0.15) is 0 Å². The molecule has 0 aliphatic heterocycles. The summed E-state index contributed by atoms with van der Waals surface area (Å²) in [6.07, 6.45) is 9.67. The van der Waals surface area contributed by atoms with Gasteiger partial charge >= 0.3 is 0 Å². The van der Waals surface area contributed by atoms with Crippen LogP contribution in [0.25, 0.3) is 16.3 Å². The van der Waals surface area contributed by atoms with E-state index in [0.717, 1.165) is 28.7 Å². The third kappa shape index (κ3) is 5.48. The first-order valence-electron chi connectivity index (χ1n) is 9.25. The number of aryl methyl sites for hydroxylation is 1. The molecule has 2 aromatic carbocycles. The van der Waals surface area contributed by atoms with Gasteiger partial charge in [0.2, 0.25) is 0 Å². The van der Waals surface area contributed by atoms with Crippen molar-refractivity contribution in [2.24, 2.45) is 0 Å². The van der Waals surface area contributed by atoms with Crippen molar-refractivity contribution in [3.63, 3.8) is 0 Å². The van der Waals surface area contributed by atoms with Crippen LogP contribution in [0.5, 0.6) is 0 Å². The Balaban J connectivity index is 0.00000256. The Morgan fingerprint density at radius 1 is 1.20 bits per heavy atom. The van der Waals surface area contributed by atoms with Gasteiger partial charge in [0.25, 0.3) is 5.91 Å². The van der Waals surface area contributed by atoms with Gasteiger partial charge < -0.3 is 4.57 Å². The van der Waals surface area contributed by atoms with Gasteiger partial charge in [0.1, 0.15) is 0 Å².